The molecule has 0 spiro atoms. The molecule has 1 aromatic carbocycles. The molecule has 0 aromatic heterocycles. The normalized spacial score (nSPS) is 18.3. The fourth-order valence-electron chi connectivity index (χ4n) is 2.56. The molecule has 2 N–H and O–H groups in total. The molecule has 1 aliphatic rings. The molecule has 2 unspecified atom stereocenters. The van der Waals surface area contributed by atoms with E-state index in [9.17, 15) is 9.90 Å². The summed E-state index contributed by atoms with van der Waals surface area (Å²) in [5.41, 5.74) is 1.15. The van der Waals surface area contributed by atoms with Crippen molar-refractivity contribution in [3.05, 3.63) is 35.9 Å². The Morgan fingerprint density at radius 1 is 1.33 bits per heavy atom. The fraction of sp³-hybridized carbons (Fsp3) is 0.562. The molecule has 0 radical (unpaired) electrons. The van der Waals surface area contributed by atoms with Gasteiger partial charge in [0.15, 0.2) is 0 Å². The lowest BCUT2D eigenvalue weighted by Gasteiger charge is -2.31. The Kier molecular flexibility index (Phi) is 6.17. The topological polar surface area (TPSA) is 61.8 Å². The van der Waals surface area contributed by atoms with Crippen molar-refractivity contribution in [3.8, 4) is 0 Å². The van der Waals surface area contributed by atoms with Gasteiger partial charge in [0.25, 0.3) is 0 Å². The molecule has 1 fully saturated rings. The third-order valence-corrected chi connectivity index (χ3v) is 3.72. The highest BCUT2D eigenvalue weighted by Gasteiger charge is 2.24. The van der Waals surface area contributed by atoms with Crippen molar-refractivity contribution in [3.63, 3.8) is 0 Å². The quantitative estimate of drug-likeness (QED) is 0.798. The zero-order chi connectivity index (χ0) is 15.1. The van der Waals surface area contributed by atoms with Crippen molar-refractivity contribution in [2.24, 2.45) is 0 Å². The Hall–Kier alpha value is -1.43. The van der Waals surface area contributed by atoms with Crippen LogP contribution in [0.15, 0.2) is 30.3 Å². The summed E-state index contributed by atoms with van der Waals surface area (Å²) in [7, 11) is 0. The van der Waals surface area contributed by atoms with Gasteiger partial charge >= 0.3 is 0 Å². The van der Waals surface area contributed by atoms with Crippen molar-refractivity contribution in [1.82, 2.24) is 10.2 Å². The number of nitrogens with zero attached hydrogens (tertiary/aromatic N) is 1. The third kappa shape index (κ3) is 4.81. The molecule has 116 valence electrons. The van der Waals surface area contributed by atoms with E-state index in [2.05, 4.69) is 5.32 Å². The highest BCUT2D eigenvalue weighted by molar-refractivity contribution is 5.81. The van der Waals surface area contributed by atoms with Crippen molar-refractivity contribution >= 4 is 5.91 Å². The molecule has 0 bridgehead atoms. The average molecular weight is 292 g/mol. The third-order valence-electron chi connectivity index (χ3n) is 3.72. The molecule has 2 rings (SSSR count). The highest BCUT2D eigenvalue weighted by atomic mass is 16.5. The standard InChI is InChI=1S/C16H24N2O3/c1-13(16(20)18-7-9-21-10-8-18)17-15(12-19)11-14-5-3-2-4-6-14/h2-6,13,15,17,19H,7-12H2,1H3. The maximum Gasteiger partial charge on any atom is 0.239 e. The van der Waals surface area contributed by atoms with Gasteiger partial charge in [0, 0.05) is 19.1 Å². The van der Waals surface area contributed by atoms with Crippen molar-refractivity contribution in [2.45, 2.75) is 25.4 Å². The summed E-state index contributed by atoms with van der Waals surface area (Å²) in [6, 6.07) is 9.56. The minimum atomic E-state index is -0.302. The van der Waals surface area contributed by atoms with Gasteiger partial charge in [-0.05, 0) is 18.9 Å². The second-order valence-electron chi connectivity index (χ2n) is 5.40. The number of carbonyl (C=O) groups excluding carboxylic acids is 1. The average Bonchev–Trinajstić information content (AvgIpc) is 2.55. The van der Waals surface area contributed by atoms with E-state index >= 15 is 0 Å². The molecular weight excluding hydrogens is 268 g/mol. The summed E-state index contributed by atoms with van der Waals surface area (Å²) in [5, 5.41) is 12.8. The molecule has 21 heavy (non-hydrogen) atoms. The zero-order valence-corrected chi connectivity index (χ0v) is 12.5. The van der Waals surface area contributed by atoms with Gasteiger partial charge in [-0.2, -0.15) is 0 Å². The van der Waals surface area contributed by atoms with Gasteiger partial charge in [-0.3, -0.25) is 4.79 Å². The van der Waals surface area contributed by atoms with Crippen LogP contribution in [0, 0.1) is 0 Å². The second-order valence-corrected chi connectivity index (χ2v) is 5.40. The number of aliphatic hydroxyl groups excluding tert-OH is 1. The first-order valence-electron chi connectivity index (χ1n) is 7.48. The monoisotopic (exact) mass is 292 g/mol. The van der Waals surface area contributed by atoms with Crippen LogP contribution >= 0.6 is 0 Å². The van der Waals surface area contributed by atoms with Gasteiger partial charge in [-0.1, -0.05) is 30.3 Å². The minimum absolute atomic E-state index is 0.00955. The molecule has 5 heteroatoms. The molecule has 2 atom stereocenters. The van der Waals surface area contributed by atoms with Gasteiger partial charge in [0.1, 0.15) is 0 Å². The van der Waals surface area contributed by atoms with Crippen LogP contribution in [0.4, 0.5) is 0 Å². The van der Waals surface area contributed by atoms with Crippen LogP contribution in [-0.2, 0) is 16.0 Å². The van der Waals surface area contributed by atoms with Crippen molar-refractivity contribution in [1.29, 1.82) is 0 Å². The molecule has 1 saturated heterocycles. The molecule has 1 heterocycles. The maximum absolute atomic E-state index is 12.3. The Morgan fingerprint density at radius 3 is 2.62 bits per heavy atom. The van der Waals surface area contributed by atoms with Crippen LogP contribution in [0.25, 0.3) is 0 Å². The molecule has 5 nitrogen and oxygen atoms in total. The number of hydrogen-bond donors (Lipinski definition) is 2. The number of benzene rings is 1. The molecule has 1 aromatic rings. The van der Waals surface area contributed by atoms with E-state index in [1.807, 2.05) is 42.2 Å². The molecule has 1 aliphatic heterocycles. The number of amides is 1. The number of ether oxygens (including phenoxy) is 1. The predicted octanol–water partition coefficient (Wildman–Crippen LogP) is 0.427. The number of morpholine rings is 1. The Morgan fingerprint density at radius 2 is 2.00 bits per heavy atom. The number of nitrogens with one attached hydrogen (secondary N) is 1. The summed E-state index contributed by atoms with van der Waals surface area (Å²) in [5.74, 6) is 0.0739. The predicted molar refractivity (Wildman–Crippen MR) is 81.0 cm³/mol. The summed E-state index contributed by atoms with van der Waals surface area (Å²) in [6.07, 6.45) is 0.706. The van der Waals surface area contributed by atoms with E-state index in [4.69, 9.17) is 4.74 Å². The number of rotatable bonds is 6. The molecular formula is C16H24N2O3. The first-order chi connectivity index (χ1) is 10.2. The largest absolute Gasteiger partial charge is 0.395 e. The van der Waals surface area contributed by atoms with Crippen LogP contribution in [0.1, 0.15) is 12.5 Å². The van der Waals surface area contributed by atoms with Crippen LogP contribution < -0.4 is 5.32 Å². The lowest BCUT2D eigenvalue weighted by atomic mass is 10.1. The van der Waals surface area contributed by atoms with Crippen molar-refractivity contribution < 1.29 is 14.6 Å². The van der Waals surface area contributed by atoms with E-state index in [1.165, 1.54) is 0 Å². The summed E-state index contributed by atoms with van der Waals surface area (Å²) < 4.78 is 5.26. The molecule has 0 saturated carbocycles. The van der Waals surface area contributed by atoms with Crippen LogP contribution in [0.5, 0.6) is 0 Å². The Balaban J connectivity index is 1.86. The number of carbonyl (C=O) groups is 1. The molecule has 1 amide bonds. The first kappa shape index (κ1) is 15.9. The van der Waals surface area contributed by atoms with Gasteiger partial charge < -0.3 is 20.1 Å². The Bertz CT molecular complexity index is 432. The van der Waals surface area contributed by atoms with Gasteiger partial charge in [-0.15, -0.1) is 0 Å². The van der Waals surface area contributed by atoms with E-state index in [0.717, 1.165) is 5.56 Å². The lowest BCUT2D eigenvalue weighted by molar-refractivity contribution is -0.137. The lowest BCUT2D eigenvalue weighted by Crippen LogP contribution is -2.52. The fourth-order valence-corrected chi connectivity index (χ4v) is 2.56. The number of hydrogen-bond acceptors (Lipinski definition) is 4. The van der Waals surface area contributed by atoms with E-state index in [0.29, 0.717) is 32.7 Å². The van der Waals surface area contributed by atoms with E-state index < -0.39 is 0 Å². The maximum atomic E-state index is 12.3. The second kappa shape index (κ2) is 8.12. The summed E-state index contributed by atoms with van der Waals surface area (Å²) in [4.78, 5) is 14.1. The zero-order valence-electron chi connectivity index (χ0n) is 12.5. The summed E-state index contributed by atoms with van der Waals surface area (Å²) >= 11 is 0. The van der Waals surface area contributed by atoms with Crippen LogP contribution in [-0.4, -0.2) is 60.9 Å². The van der Waals surface area contributed by atoms with Crippen LogP contribution in [0.2, 0.25) is 0 Å². The Labute approximate surface area is 125 Å². The highest BCUT2D eigenvalue weighted by Crippen LogP contribution is 2.06. The number of aliphatic hydroxyl groups is 1. The van der Waals surface area contributed by atoms with Gasteiger partial charge in [0.05, 0.1) is 25.9 Å². The van der Waals surface area contributed by atoms with Gasteiger partial charge in [-0.25, -0.2) is 0 Å². The minimum Gasteiger partial charge on any atom is -0.395 e. The van der Waals surface area contributed by atoms with E-state index in [-0.39, 0.29) is 24.6 Å². The summed E-state index contributed by atoms with van der Waals surface area (Å²) in [6.45, 7) is 4.36. The van der Waals surface area contributed by atoms with E-state index in [1.54, 1.807) is 0 Å². The van der Waals surface area contributed by atoms with Crippen molar-refractivity contribution in [2.75, 3.05) is 32.9 Å². The molecule has 0 aliphatic carbocycles. The SMILES string of the molecule is CC(NC(CO)Cc1ccccc1)C(=O)N1CCOCC1. The van der Waals surface area contributed by atoms with Gasteiger partial charge in [0.2, 0.25) is 5.91 Å². The van der Waals surface area contributed by atoms with Crippen LogP contribution in [0.3, 0.4) is 0 Å². The smallest absolute Gasteiger partial charge is 0.239 e. The first-order valence-corrected chi connectivity index (χ1v) is 7.48.